The van der Waals surface area contributed by atoms with E-state index in [1.807, 2.05) is 0 Å². The van der Waals surface area contributed by atoms with Crippen LogP contribution in [-0.4, -0.2) is 19.8 Å². The largest absolute Gasteiger partial charge is 0.381 e. The fourth-order valence-corrected chi connectivity index (χ4v) is 1.48. The maximum Gasteiger partial charge on any atom is 0.0468 e. The number of ether oxygens (including phenoxy) is 1. The summed E-state index contributed by atoms with van der Waals surface area (Å²) in [6, 6.07) is 0. The standard InChI is InChI=1S/C10H19NO/c11-7-3-1-2-4-10-5-8-12-9-6-10/h1-2,10H,3-9,11H2. The first-order valence-corrected chi connectivity index (χ1v) is 4.86. The van der Waals surface area contributed by atoms with Crippen molar-refractivity contribution < 1.29 is 4.74 Å². The van der Waals surface area contributed by atoms with E-state index in [1.165, 1.54) is 19.3 Å². The van der Waals surface area contributed by atoms with Crippen LogP contribution in [0.25, 0.3) is 0 Å². The van der Waals surface area contributed by atoms with Crippen molar-refractivity contribution in [3.05, 3.63) is 12.2 Å². The number of hydrogen-bond donors (Lipinski definition) is 1. The molecule has 1 fully saturated rings. The smallest absolute Gasteiger partial charge is 0.0468 e. The van der Waals surface area contributed by atoms with Crippen LogP contribution in [0, 0.1) is 5.92 Å². The van der Waals surface area contributed by atoms with Gasteiger partial charge in [0.15, 0.2) is 0 Å². The molecule has 0 aromatic carbocycles. The molecule has 2 N–H and O–H groups in total. The fourth-order valence-electron chi connectivity index (χ4n) is 1.48. The molecule has 70 valence electrons. The minimum absolute atomic E-state index is 0.768. The average molecular weight is 169 g/mol. The number of rotatable bonds is 4. The molecule has 0 aliphatic carbocycles. The maximum atomic E-state index is 5.38. The summed E-state index contributed by atoms with van der Waals surface area (Å²) in [7, 11) is 0. The van der Waals surface area contributed by atoms with Gasteiger partial charge >= 0.3 is 0 Å². The van der Waals surface area contributed by atoms with Crippen LogP contribution in [0.5, 0.6) is 0 Å². The molecule has 1 heterocycles. The molecule has 0 bridgehead atoms. The summed E-state index contributed by atoms with van der Waals surface area (Å²) >= 11 is 0. The molecular weight excluding hydrogens is 150 g/mol. The highest BCUT2D eigenvalue weighted by atomic mass is 16.5. The average Bonchev–Trinajstić information content (AvgIpc) is 2.14. The Hall–Kier alpha value is -0.340. The molecule has 2 heteroatoms. The Kier molecular flexibility index (Phi) is 5.04. The second kappa shape index (κ2) is 6.21. The number of hydrogen-bond acceptors (Lipinski definition) is 2. The summed E-state index contributed by atoms with van der Waals surface area (Å²) in [5.74, 6) is 0.854. The molecule has 0 saturated carbocycles. The first-order valence-electron chi connectivity index (χ1n) is 4.86. The zero-order valence-corrected chi connectivity index (χ0v) is 7.67. The van der Waals surface area contributed by atoms with Gasteiger partial charge in [-0.1, -0.05) is 12.2 Å². The highest BCUT2D eigenvalue weighted by Gasteiger charge is 2.11. The van der Waals surface area contributed by atoms with Crippen LogP contribution in [0.15, 0.2) is 12.2 Å². The van der Waals surface area contributed by atoms with Gasteiger partial charge < -0.3 is 10.5 Å². The first-order chi connectivity index (χ1) is 5.93. The predicted octanol–water partition coefficient (Wildman–Crippen LogP) is 1.71. The van der Waals surface area contributed by atoms with Crippen molar-refractivity contribution >= 4 is 0 Å². The summed E-state index contributed by atoms with van der Waals surface area (Å²) in [4.78, 5) is 0. The minimum atomic E-state index is 0.768. The van der Waals surface area contributed by atoms with Gasteiger partial charge in [0, 0.05) is 13.2 Å². The predicted molar refractivity (Wildman–Crippen MR) is 51.0 cm³/mol. The van der Waals surface area contributed by atoms with E-state index in [9.17, 15) is 0 Å². The van der Waals surface area contributed by atoms with E-state index in [0.29, 0.717) is 0 Å². The molecule has 12 heavy (non-hydrogen) atoms. The summed E-state index contributed by atoms with van der Waals surface area (Å²) < 4.78 is 5.28. The summed E-state index contributed by atoms with van der Waals surface area (Å²) in [5.41, 5.74) is 5.38. The maximum absolute atomic E-state index is 5.38. The molecule has 0 spiro atoms. The quantitative estimate of drug-likeness (QED) is 0.650. The Morgan fingerprint density at radius 3 is 2.67 bits per heavy atom. The normalized spacial score (nSPS) is 20.4. The Labute approximate surface area is 74.8 Å². The van der Waals surface area contributed by atoms with E-state index in [2.05, 4.69) is 12.2 Å². The van der Waals surface area contributed by atoms with Gasteiger partial charge in [0.1, 0.15) is 0 Å². The van der Waals surface area contributed by atoms with Crippen molar-refractivity contribution in [2.45, 2.75) is 25.7 Å². The zero-order valence-electron chi connectivity index (χ0n) is 7.67. The second-order valence-corrected chi connectivity index (χ2v) is 3.34. The van der Waals surface area contributed by atoms with Crippen LogP contribution in [0.4, 0.5) is 0 Å². The van der Waals surface area contributed by atoms with Gasteiger partial charge in [0.05, 0.1) is 0 Å². The molecular formula is C10H19NO. The lowest BCUT2D eigenvalue weighted by Gasteiger charge is -2.20. The lowest BCUT2D eigenvalue weighted by Crippen LogP contribution is -2.14. The van der Waals surface area contributed by atoms with Crippen LogP contribution in [-0.2, 0) is 4.74 Å². The monoisotopic (exact) mass is 169 g/mol. The summed E-state index contributed by atoms with van der Waals surface area (Å²) in [6.45, 7) is 2.68. The number of allylic oxidation sites excluding steroid dienone is 1. The van der Waals surface area contributed by atoms with Gasteiger partial charge in [-0.3, -0.25) is 0 Å². The molecule has 1 saturated heterocycles. The molecule has 0 unspecified atom stereocenters. The van der Waals surface area contributed by atoms with E-state index < -0.39 is 0 Å². The van der Waals surface area contributed by atoms with Crippen molar-refractivity contribution in [2.75, 3.05) is 19.8 Å². The molecule has 0 amide bonds. The van der Waals surface area contributed by atoms with Crippen LogP contribution >= 0.6 is 0 Å². The Bertz CT molecular complexity index is 128. The molecule has 0 atom stereocenters. The Morgan fingerprint density at radius 2 is 2.00 bits per heavy atom. The highest BCUT2D eigenvalue weighted by molar-refractivity contribution is 4.84. The van der Waals surface area contributed by atoms with Crippen LogP contribution in [0.1, 0.15) is 25.7 Å². The van der Waals surface area contributed by atoms with E-state index in [-0.39, 0.29) is 0 Å². The van der Waals surface area contributed by atoms with E-state index in [1.54, 1.807) is 0 Å². The zero-order chi connectivity index (χ0) is 8.65. The molecule has 2 nitrogen and oxygen atoms in total. The third-order valence-electron chi connectivity index (χ3n) is 2.31. The molecule has 0 radical (unpaired) electrons. The van der Waals surface area contributed by atoms with Crippen molar-refractivity contribution in [1.29, 1.82) is 0 Å². The van der Waals surface area contributed by atoms with Crippen LogP contribution in [0.2, 0.25) is 0 Å². The summed E-state index contributed by atoms with van der Waals surface area (Å²) in [5, 5.41) is 0. The van der Waals surface area contributed by atoms with E-state index >= 15 is 0 Å². The van der Waals surface area contributed by atoms with Gasteiger partial charge in [0.25, 0.3) is 0 Å². The summed E-state index contributed by atoms with van der Waals surface area (Å²) in [6.07, 6.45) is 9.14. The van der Waals surface area contributed by atoms with Gasteiger partial charge in [-0.2, -0.15) is 0 Å². The second-order valence-electron chi connectivity index (χ2n) is 3.34. The number of nitrogens with two attached hydrogens (primary N) is 1. The lowest BCUT2D eigenvalue weighted by atomic mass is 9.96. The van der Waals surface area contributed by atoms with Crippen molar-refractivity contribution in [3.63, 3.8) is 0 Å². The third kappa shape index (κ3) is 3.88. The van der Waals surface area contributed by atoms with Gasteiger partial charge in [-0.05, 0) is 38.1 Å². The first kappa shape index (κ1) is 9.75. The molecule has 0 aromatic heterocycles. The molecule has 1 aliphatic rings. The fraction of sp³-hybridized carbons (Fsp3) is 0.800. The van der Waals surface area contributed by atoms with Crippen molar-refractivity contribution in [3.8, 4) is 0 Å². The Morgan fingerprint density at radius 1 is 1.25 bits per heavy atom. The van der Waals surface area contributed by atoms with E-state index in [0.717, 1.165) is 32.1 Å². The van der Waals surface area contributed by atoms with Gasteiger partial charge in [-0.25, -0.2) is 0 Å². The highest BCUT2D eigenvalue weighted by Crippen LogP contribution is 2.18. The van der Waals surface area contributed by atoms with Crippen LogP contribution in [0.3, 0.4) is 0 Å². The minimum Gasteiger partial charge on any atom is -0.381 e. The Balaban J connectivity index is 2.04. The van der Waals surface area contributed by atoms with Gasteiger partial charge in [-0.15, -0.1) is 0 Å². The third-order valence-corrected chi connectivity index (χ3v) is 2.31. The van der Waals surface area contributed by atoms with E-state index in [4.69, 9.17) is 10.5 Å². The SMILES string of the molecule is NCCC=CCC1CCOCC1. The lowest BCUT2D eigenvalue weighted by molar-refractivity contribution is 0.0672. The molecule has 1 aliphatic heterocycles. The topological polar surface area (TPSA) is 35.2 Å². The van der Waals surface area contributed by atoms with Crippen LogP contribution < -0.4 is 5.73 Å². The van der Waals surface area contributed by atoms with Crippen molar-refractivity contribution in [2.24, 2.45) is 11.7 Å². The van der Waals surface area contributed by atoms with Crippen molar-refractivity contribution in [1.82, 2.24) is 0 Å². The molecule has 1 rings (SSSR count). The van der Waals surface area contributed by atoms with Gasteiger partial charge in [0.2, 0.25) is 0 Å². The molecule has 0 aromatic rings.